The molecule has 0 radical (unpaired) electrons. The Morgan fingerprint density at radius 3 is 2.29 bits per heavy atom. The van der Waals surface area contributed by atoms with Gasteiger partial charge in [0, 0.05) is 28.7 Å². The van der Waals surface area contributed by atoms with Crippen molar-refractivity contribution in [3.8, 4) is 16.9 Å². The number of benzene rings is 2. The van der Waals surface area contributed by atoms with Crippen LogP contribution >= 0.6 is 11.3 Å². The molecule has 0 aliphatic carbocycles. The van der Waals surface area contributed by atoms with Gasteiger partial charge in [0.05, 0.1) is 18.3 Å². The Morgan fingerprint density at radius 2 is 1.68 bits per heavy atom. The van der Waals surface area contributed by atoms with E-state index in [-0.39, 0.29) is 23.9 Å². The Kier molecular flexibility index (Phi) is 6.74. The van der Waals surface area contributed by atoms with Gasteiger partial charge in [0.25, 0.3) is 5.56 Å². The number of amides is 2. The first-order valence-corrected chi connectivity index (χ1v) is 11.6. The highest BCUT2D eigenvalue weighted by atomic mass is 32.1. The van der Waals surface area contributed by atoms with Crippen molar-refractivity contribution in [2.75, 3.05) is 17.2 Å². The number of rotatable bonds is 7. The maximum atomic E-state index is 13.3. The van der Waals surface area contributed by atoms with Crippen LogP contribution in [0.1, 0.15) is 18.7 Å². The molecule has 0 saturated carbocycles. The topological polar surface area (TPSA) is 102 Å². The van der Waals surface area contributed by atoms with Crippen LogP contribution in [0.4, 0.5) is 11.4 Å². The summed E-state index contributed by atoms with van der Waals surface area (Å²) in [5.41, 5.74) is 2.64. The predicted octanol–water partition coefficient (Wildman–Crippen LogP) is 4.43. The van der Waals surface area contributed by atoms with Crippen LogP contribution in [0.3, 0.4) is 0 Å². The standard InChI is InChI=1S/C25H24N4O4S/c1-4-33-20-11-5-17(6-12-20)22-15(2)34-24-23(22)25(32)29(14-26-24)13-21(31)28-19-9-7-18(8-10-19)27-16(3)30/h5-12,14H,4,13H2,1-3H3,(H,27,30)(H,28,31). The van der Waals surface area contributed by atoms with E-state index in [0.29, 0.717) is 28.2 Å². The molecule has 4 rings (SSSR count). The van der Waals surface area contributed by atoms with Crippen LogP contribution in [0.2, 0.25) is 0 Å². The minimum atomic E-state index is -0.356. The highest BCUT2D eigenvalue weighted by Crippen LogP contribution is 2.36. The van der Waals surface area contributed by atoms with Crippen LogP contribution < -0.4 is 20.9 Å². The lowest BCUT2D eigenvalue weighted by molar-refractivity contribution is -0.117. The second-order valence-corrected chi connectivity index (χ2v) is 8.86. The Morgan fingerprint density at radius 1 is 1.03 bits per heavy atom. The van der Waals surface area contributed by atoms with E-state index in [1.165, 1.54) is 29.2 Å². The second kappa shape index (κ2) is 9.88. The predicted molar refractivity (Wildman–Crippen MR) is 135 cm³/mol. The Labute approximate surface area is 200 Å². The number of ether oxygens (including phenoxy) is 1. The van der Waals surface area contributed by atoms with Gasteiger partial charge in [0.1, 0.15) is 17.1 Å². The minimum absolute atomic E-state index is 0.174. The maximum Gasteiger partial charge on any atom is 0.263 e. The summed E-state index contributed by atoms with van der Waals surface area (Å²) in [5.74, 6) is 0.234. The summed E-state index contributed by atoms with van der Waals surface area (Å²) in [7, 11) is 0. The zero-order chi connectivity index (χ0) is 24.2. The zero-order valence-corrected chi connectivity index (χ0v) is 19.9. The molecule has 34 heavy (non-hydrogen) atoms. The van der Waals surface area contributed by atoms with Gasteiger partial charge in [-0.1, -0.05) is 12.1 Å². The number of thiophene rings is 1. The third kappa shape index (κ3) is 4.99. The number of aryl methyl sites for hydroxylation is 1. The molecule has 4 aromatic rings. The summed E-state index contributed by atoms with van der Waals surface area (Å²) >= 11 is 1.45. The number of aromatic nitrogens is 2. The first-order chi connectivity index (χ1) is 16.4. The van der Waals surface area contributed by atoms with E-state index >= 15 is 0 Å². The van der Waals surface area contributed by atoms with E-state index in [0.717, 1.165) is 21.8 Å². The fraction of sp³-hybridized carbons (Fsp3) is 0.200. The minimum Gasteiger partial charge on any atom is -0.494 e. The molecule has 2 amide bonds. The van der Waals surface area contributed by atoms with Crippen molar-refractivity contribution >= 4 is 44.7 Å². The Bertz CT molecular complexity index is 1410. The first kappa shape index (κ1) is 23.2. The molecule has 8 nitrogen and oxygen atoms in total. The molecule has 2 aromatic heterocycles. The van der Waals surface area contributed by atoms with Crippen molar-refractivity contribution in [2.45, 2.75) is 27.3 Å². The zero-order valence-electron chi connectivity index (χ0n) is 19.0. The molecule has 0 saturated heterocycles. The maximum absolute atomic E-state index is 13.3. The molecule has 0 unspecified atom stereocenters. The van der Waals surface area contributed by atoms with Crippen LogP contribution in [0.25, 0.3) is 21.3 Å². The average Bonchev–Trinajstić information content (AvgIpc) is 3.14. The lowest BCUT2D eigenvalue weighted by atomic mass is 10.0. The molecule has 2 aromatic carbocycles. The van der Waals surface area contributed by atoms with Gasteiger partial charge in [0.2, 0.25) is 11.8 Å². The molecule has 174 valence electrons. The smallest absolute Gasteiger partial charge is 0.263 e. The highest BCUT2D eigenvalue weighted by molar-refractivity contribution is 7.19. The first-order valence-electron chi connectivity index (χ1n) is 10.7. The van der Waals surface area contributed by atoms with Gasteiger partial charge in [0.15, 0.2) is 0 Å². The molecule has 2 N–H and O–H groups in total. The van der Waals surface area contributed by atoms with E-state index in [9.17, 15) is 14.4 Å². The molecular formula is C25H24N4O4S. The quantitative estimate of drug-likeness (QED) is 0.411. The molecule has 0 atom stereocenters. The van der Waals surface area contributed by atoms with Crippen molar-refractivity contribution in [3.63, 3.8) is 0 Å². The summed E-state index contributed by atoms with van der Waals surface area (Å²) < 4.78 is 6.83. The van der Waals surface area contributed by atoms with Crippen LogP contribution in [-0.4, -0.2) is 28.0 Å². The van der Waals surface area contributed by atoms with Gasteiger partial charge < -0.3 is 15.4 Å². The van der Waals surface area contributed by atoms with Crippen LogP contribution in [0.5, 0.6) is 5.75 Å². The fourth-order valence-corrected chi connectivity index (χ4v) is 4.68. The summed E-state index contributed by atoms with van der Waals surface area (Å²) in [4.78, 5) is 43.1. The monoisotopic (exact) mass is 476 g/mol. The third-order valence-corrected chi connectivity index (χ3v) is 6.12. The van der Waals surface area contributed by atoms with Gasteiger partial charge in [-0.05, 0) is 55.8 Å². The molecule has 0 aliphatic heterocycles. The molecule has 0 aliphatic rings. The lowest BCUT2D eigenvalue weighted by Gasteiger charge is -2.09. The van der Waals surface area contributed by atoms with Gasteiger partial charge in [-0.2, -0.15) is 0 Å². The average molecular weight is 477 g/mol. The summed E-state index contributed by atoms with van der Waals surface area (Å²) in [5, 5.41) is 5.94. The molecule has 2 heterocycles. The number of carbonyl (C=O) groups excluding carboxylic acids is 2. The SMILES string of the molecule is CCOc1ccc(-c2c(C)sc3ncn(CC(=O)Nc4ccc(NC(C)=O)cc4)c(=O)c23)cc1. The summed E-state index contributed by atoms with van der Waals surface area (Å²) in [6, 6.07) is 14.3. The molecule has 0 bridgehead atoms. The van der Waals surface area contributed by atoms with Crippen molar-refractivity contribution in [1.29, 1.82) is 0 Å². The van der Waals surface area contributed by atoms with Crippen LogP contribution in [0.15, 0.2) is 59.7 Å². The highest BCUT2D eigenvalue weighted by Gasteiger charge is 2.18. The van der Waals surface area contributed by atoms with Crippen LogP contribution in [-0.2, 0) is 16.1 Å². The number of fused-ring (bicyclic) bond motifs is 1. The number of nitrogens with zero attached hydrogens (tertiary/aromatic N) is 2. The van der Waals surface area contributed by atoms with Gasteiger partial charge in [-0.3, -0.25) is 19.0 Å². The van der Waals surface area contributed by atoms with Crippen molar-refractivity contribution in [3.05, 3.63) is 70.1 Å². The normalized spacial score (nSPS) is 10.8. The van der Waals surface area contributed by atoms with Crippen molar-refractivity contribution in [2.24, 2.45) is 0 Å². The number of nitrogens with one attached hydrogen (secondary N) is 2. The van der Waals surface area contributed by atoms with E-state index in [1.54, 1.807) is 24.3 Å². The largest absolute Gasteiger partial charge is 0.494 e. The molecule has 9 heteroatoms. The molecule has 0 fully saturated rings. The number of hydrogen-bond acceptors (Lipinski definition) is 6. The number of hydrogen-bond donors (Lipinski definition) is 2. The fourth-order valence-electron chi connectivity index (χ4n) is 3.68. The van der Waals surface area contributed by atoms with Crippen LogP contribution in [0, 0.1) is 6.92 Å². The number of anilines is 2. The van der Waals surface area contributed by atoms with Crippen molar-refractivity contribution < 1.29 is 14.3 Å². The summed E-state index contributed by atoms with van der Waals surface area (Å²) in [6.45, 7) is 5.71. The lowest BCUT2D eigenvalue weighted by Crippen LogP contribution is -2.27. The Balaban J connectivity index is 1.58. The van der Waals surface area contributed by atoms with Gasteiger partial charge in [-0.25, -0.2) is 4.98 Å². The van der Waals surface area contributed by atoms with Gasteiger partial charge in [-0.15, -0.1) is 11.3 Å². The second-order valence-electron chi connectivity index (χ2n) is 7.66. The van der Waals surface area contributed by atoms with Crippen molar-refractivity contribution in [1.82, 2.24) is 9.55 Å². The van der Waals surface area contributed by atoms with E-state index in [1.807, 2.05) is 38.1 Å². The van der Waals surface area contributed by atoms with E-state index < -0.39 is 0 Å². The van der Waals surface area contributed by atoms with E-state index in [4.69, 9.17) is 4.74 Å². The summed E-state index contributed by atoms with van der Waals surface area (Å²) in [6.07, 6.45) is 1.40. The van der Waals surface area contributed by atoms with E-state index in [2.05, 4.69) is 15.6 Å². The van der Waals surface area contributed by atoms with Gasteiger partial charge >= 0.3 is 0 Å². The number of carbonyl (C=O) groups is 2. The third-order valence-electron chi connectivity index (χ3n) is 5.11. The molecular weight excluding hydrogens is 452 g/mol. The molecule has 0 spiro atoms. The Hall–Kier alpha value is -3.98.